The molecule has 0 fully saturated rings. The van der Waals surface area contributed by atoms with Crippen molar-refractivity contribution in [3.8, 4) is 0 Å². The molecule has 0 rings (SSSR count). The van der Waals surface area contributed by atoms with E-state index in [1.54, 1.807) is 0 Å². The molecule has 0 radical (unpaired) electrons. The molecule has 0 aliphatic heterocycles. The lowest BCUT2D eigenvalue weighted by molar-refractivity contribution is -0.870. The predicted octanol–water partition coefficient (Wildman–Crippen LogP) is 12.9. The lowest BCUT2D eigenvalue weighted by atomic mass is 10.1. The molecule has 0 aliphatic carbocycles. The number of carboxylic acid groups (broad SMARTS) is 1. The first-order chi connectivity index (χ1) is 29.6. The second-order valence-electron chi connectivity index (χ2n) is 16.7. The lowest BCUT2D eigenvalue weighted by Crippen LogP contribution is -2.40. The third-order valence-electron chi connectivity index (χ3n) is 9.65. The van der Waals surface area contributed by atoms with Crippen molar-refractivity contribution in [3.63, 3.8) is 0 Å². The van der Waals surface area contributed by atoms with Crippen LogP contribution in [0.3, 0.4) is 0 Å². The van der Waals surface area contributed by atoms with Crippen molar-refractivity contribution >= 4 is 17.9 Å². The highest BCUT2D eigenvalue weighted by atomic mass is 16.7. The maximum absolute atomic E-state index is 12.8. The highest BCUT2D eigenvalue weighted by Crippen LogP contribution is 2.13. The minimum atomic E-state index is -1.52. The van der Waals surface area contributed by atoms with Gasteiger partial charge in [0.25, 0.3) is 6.29 Å². The molecule has 0 aromatic heterocycles. The summed E-state index contributed by atoms with van der Waals surface area (Å²) < 4.78 is 22.7. The zero-order valence-electron chi connectivity index (χ0n) is 39.3. The van der Waals surface area contributed by atoms with Crippen LogP contribution in [-0.2, 0) is 33.3 Å². The van der Waals surface area contributed by atoms with E-state index < -0.39 is 24.3 Å². The van der Waals surface area contributed by atoms with Crippen LogP contribution in [0, 0.1) is 0 Å². The van der Waals surface area contributed by atoms with Crippen LogP contribution in [-0.4, -0.2) is 87.4 Å². The zero-order valence-corrected chi connectivity index (χ0v) is 39.3. The second-order valence-corrected chi connectivity index (χ2v) is 16.7. The Balaban J connectivity index is 4.44. The number of esters is 2. The molecular formula is C52H88NO8+. The molecule has 0 heterocycles. The molecule has 0 saturated carbocycles. The van der Waals surface area contributed by atoms with Gasteiger partial charge < -0.3 is 28.5 Å². The number of carboxylic acids is 1. The van der Waals surface area contributed by atoms with Gasteiger partial charge in [-0.2, -0.15) is 0 Å². The van der Waals surface area contributed by atoms with E-state index in [4.69, 9.17) is 18.9 Å². The number of hydrogen-bond acceptors (Lipinski definition) is 7. The van der Waals surface area contributed by atoms with E-state index in [-0.39, 0.29) is 38.6 Å². The SMILES string of the molecule is CC/C=C\C/C=C\C/C=C\C/C=C\CCCCCCCCCCC(=O)OC(COC(=O)CCCCCCC/C=C\C/C=C\C/C=C\CC)COC(OCC[N+](C)(C)C)C(=O)O. The fourth-order valence-electron chi connectivity index (χ4n) is 6.02. The predicted molar refractivity (Wildman–Crippen MR) is 253 cm³/mol. The molecule has 0 aliphatic rings. The number of carbonyl (C=O) groups is 3. The number of unbranched alkanes of at least 4 members (excludes halogenated alkanes) is 13. The van der Waals surface area contributed by atoms with Gasteiger partial charge in [-0.25, -0.2) is 4.79 Å². The Morgan fingerprint density at radius 1 is 0.492 bits per heavy atom. The van der Waals surface area contributed by atoms with Crippen LogP contribution in [0.4, 0.5) is 0 Å². The highest BCUT2D eigenvalue weighted by Gasteiger charge is 2.25. The van der Waals surface area contributed by atoms with Crippen molar-refractivity contribution in [2.24, 2.45) is 0 Å². The van der Waals surface area contributed by atoms with Gasteiger partial charge in [-0.15, -0.1) is 0 Å². The standard InChI is InChI=1S/C52H87NO8/c1-6-8-10-12-14-16-18-20-22-23-24-25-26-27-29-31-33-35-37-39-41-43-50(55)61-48(47-60-52(51(56)57)58-45-44-53(3,4)5)46-59-49(54)42-40-38-36-34-32-30-28-21-19-17-15-13-11-9-7-2/h8-11,14-17,20-22,24-25,28,48,52H,6-7,12-13,18-19,23,26-27,29-47H2,1-5H3/p+1/b10-8-,11-9-,16-14-,17-15-,22-20-,25-24-,28-21-. The summed E-state index contributed by atoms with van der Waals surface area (Å²) in [5.41, 5.74) is 0. The maximum atomic E-state index is 12.8. The van der Waals surface area contributed by atoms with E-state index in [1.165, 1.54) is 25.7 Å². The molecule has 2 unspecified atom stereocenters. The third kappa shape index (κ3) is 44.3. The van der Waals surface area contributed by atoms with Gasteiger partial charge in [0.2, 0.25) is 0 Å². The zero-order chi connectivity index (χ0) is 44.9. The molecule has 2 atom stereocenters. The molecule has 0 saturated heterocycles. The average molecular weight is 855 g/mol. The number of allylic oxidation sites excluding steroid dienone is 14. The molecule has 0 spiro atoms. The molecule has 9 nitrogen and oxygen atoms in total. The van der Waals surface area contributed by atoms with Crippen molar-refractivity contribution in [1.82, 2.24) is 0 Å². The first-order valence-electron chi connectivity index (χ1n) is 23.8. The number of aliphatic carboxylic acids is 1. The van der Waals surface area contributed by atoms with E-state index in [1.807, 2.05) is 21.1 Å². The maximum Gasteiger partial charge on any atom is 0.361 e. The Morgan fingerprint density at radius 3 is 1.31 bits per heavy atom. The number of hydrogen-bond donors (Lipinski definition) is 1. The van der Waals surface area contributed by atoms with Crippen molar-refractivity contribution in [3.05, 3.63) is 85.1 Å². The van der Waals surface area contributed by atoms with Crippen LogP contribution in [0.2, 0.25) is 0 Å². The van der Waals surface area contributed by atoms with Crippen molar-refractivity contribution in [2.75, 3.05) is 47.5 Å². The molecular weight excluding hydrogens is 767 g/mol. The fourth-order valence-corrected chi connectivity index (χ4v) is 6.02. The minimum absolute atomic E-state index is 0.178. The van der Waals surface area contributed by atoms with Crippen LogP contribution in [0.5, 0.6) is 0 Å². The molecule has 9 heteroatoms. The molecule has 0 bridgehead atoms. The van der Waals surface area contributed by atoms with Gasteiger partial charge in [0.1, 0.15) is 13.2 Å². The van der Waals surface area contributed by atoms with E-state index >= 15 is 0 Å². The quantitative estimate of drug-likeness (QED) is 0.0213. The normalized spacial score (nSPS) is 13.7. The number of nitrogens with zero attached hydrogens (tertiary/aromatic N) is 1. The summed E-state index contributed by atoms with van der Waals surface area (Å²) in [4.78, 5) is 37.2. The van der Waals surface area contributed by atoms with Crippen molar-refractivity contribution < 1.29 is 42.9 Å². The first kappa shape index (κ1) is 57.5. The van der Waals surface area contributed by atoms with E-state index in [0.717, 1.165) is 109 Å². The van der Waals surface area contributed by atoms with Crippen molar-refractivity contribution in [2.45, 2.75) is 180 Å². The Kier molecular flexibility index (Phi) is 40.6. The summed E-state index contributed by atoms with van der Waals surface area (Å²) in [6.45, 7) is 4.60. The van der Waals surface area contributed by atoms with E-state index in [2.05, 4.69) is 98.9 Å². The minimum Gasteiger partial charge on any atom is -0.477 e. The summed E-state index contributed by atoms with van der Waals surface area (Å²) in [6.07, 6.45) is 52.1. The Hall–Kier alpha value is -3.53. The second kappa shape index (κ2) is 43.1. The van der Waals surface area contributed by atoms with Gasteiger partial charge in [-0.1, -0.05) is 157 Å². The van der Waals surface area contributed by atoms with Crippen LogP contribution in [0.15, 0.2) is 85.1 Å². The van der Waals surface area contributed by atoms with E-state index in [0.29, 0.717) is 17.4 Å². The summed E-state index contributed by atoms with van der Waals surface area (Å²) in [6, 6.07) is 0. The van der Waals surface area contributed by atoms with Gasteiger partial charge >= 0.3 is 17.9 Å². The van der Waals surface area contributed by atoms with Gasteiger partial charge in [0.05, 0.1) is 34.4 Å². The van der Waals surface area contributed by atoms with Gasteiger partial charge in [0, 0.05) is 12.8 Å². The Labute approximate surface area is 372 Å². The smallest absolute Gasteiger partial charge is 0.361 e. The van der Waals surface area contributed by atoms with E-state index in [9.17, 15) is 19.5 Å². The Morgan fingerprint density at radius 2 is 0.885 bits per heavy atom. The summed E-state index contributed by atoms with van der Waals surface area (Å²) in [5, 5.41) is 9.65. The number of likely N-dealkylation sites (N-methyl/N-ethyl adjacent to an activating group) is 1. The van der Waals surface area contributed by atoms with Crippen LogP contribution in [0.25, 0.3) is 0 Å². The topological polar surface area (TPSA) is 108 Å². The summed E-state index contributed by atoms with van der Waals surface area (Å²) in [5.74, 6) is -2.05. The average Bonchev–Trinajstić information content (AvgIpc) is 3.22. The highest BCUT2D eigenvalue weighted by molar-refractivity contribution is 5.71. The van der Waals surface area contributed by atoms with Crippen LogP contribution in [0.1, 0.15) is 168 Å². The molecule has 1 N–H and O–H groups in total. The lowest BCUT2D eigenvalue weighted by Gasteiger charge is -2.25. The first-order valence-corrected chi connectivity index (χ1v) is 23.8. The number of carbonyl (C=O) groups excluding carboxylic acids is 2. The largest absolute Gasteiger partial charge is 0.477 e. The number of ether oxygens (including phenoxy) is 4. The number of rotatable bonds is 42. The molecule has 0 aromatic rings. The monoisotopic (exact) mass is 855 g/mol. The van der Waals surface area contributed by atoms with Crippen LogP contribution >= 0.6 is 0 Å². The van der Waals surface area contributed by atoms with Crippen molar-refractivity contribution in [1.29, 1.82) is 0 Å². The Bertz CT molecular complexity index is 1270. The van der Waals surface area contributed by atoms with Crippen LogP contribution < -0.4 is 0 Å². The molecule has 61 heavy (non-hydrogen) atoms. The molecule has 0 amide bonds. The van der Waals surface area contributed by atoms with Gasteiger partial charge in [-0.05, 0) is 83.5 Å². The summed E-state index contributed by atoms with van der Waals surface area (Å²) >= 11 is 0. The molecule has 348 valence electrons. The van der Waals surface area contributed by atoms with Gasteiger partial charge in [-0.3, -0.25) is 9.59 Å². The fraction of sp³-hybridized carbons (Fsp3) is 0.673. The molecule has 0 aromatic carbocycles. The van der Waals surface area contributed by atoms with Gasteiger partial charge in [0.15, 0.2) is 6.10 Å². The number of quaternary nitrogens is 1. The summed E-state index contributed by atoms with van der Waals surface area (Å²) in [7, 11) is 5.94. The third-order valence-corrected chi connectivity index (χ3v) is 9.65.